The fourth-order valence-electron chi connectivity index (χ4n) is 1.35. The van der Waals surface area contributed by atoms with Gasteiger partial charge in [-0.3, -0.25) is 4.79 Å². The predicted molar refractivity (Wildman–Crippen MR) is 71.3 cm³/mol. The lowest BCUT2D eigenvalue weighted by atomic mass is 10.2. The van der Waals surface area contributed by atoms with E-state index < -0.39 is 11.7 Å². The normalized spacial score (nSPS) is 10.2. The third-order valence-corrected chi connectivity index (χ3v) is 2.75. The van der Waals surface area contributed by atoms with Gasteiger partial charge in [-0.2, -0.15) is 0 Å². The van der Waals surface area contributed by atoms with Crippen LogP contribution in [-0.4, -0.2) is 10.9 Å². The molecule has 0 bridgehead atoms. The van der Waals surface area contributed by atoms with E-state index in [2.05, 4.69) is 26.2 Å². The number of halogens is 3. The summed E-state index contributed by atoms with van der Waals surface area (Å²) < 4.78 is 13.6. The summed E-state index contributed by atoms with van der Waals surface area (Å²) in [6, 6.07) is 8.78. The molecule has 0 aliphatic rings. The highest BCUT2D eigenvalue weighted by Crippen LogP contribution is 2.16. The van der Waals surface area contributed by atoms with Crippen LogP contribution in [-0.2, 0) is 0 Å². The van der Waals surface area contributed by atoms with Crippen molar-refractivity contribution < 1.29 is 9.18 Å². The van der Waals surface area contributed by atoms with Crippen LogP contribution in [0, 0.1) is 5.82 Å². The van der Waals surface area contributed by atoms with Gasteiger partial charge in [-0.15, -0.1) is 0 Å². The second kappa shape index (κ2) is 5.46. The zero-order valence-corrected chi connectivity index (χ0v) is 11.3. The van der Waals surface area contributed by atoms with E-state index in [4.69, 9.17) is 11.6 Å². The number of pyridine rings is 1. The Labute approximate surface area is 116 Å². The summed E-state index contributed by atoms with van der Waals surface area (Å²) in [6.07, 6.45) is 0. The lowest BCUT2D eigenvalue weighted by molar-refractivity contribution is 0.102. The first-order valence-electron chi connectivity index (χ1n) is 4.94. The molecule has 0 spiro atoms. The first-order valence-corrected chi connectivity index (χ1v) is 6.12. The first-order chi connectivity index (χ1) is 8.54. The Hall–Kier alpha value is -1.46. The quantitative estimate of drug-likeness (QED) is 0.849. The number of hydrogen-bond donors (Lipinski definition) is 1. The van der Waals surface area contributed by atoms with E-state index in [-0.39, 0.29) is 10.7 Å². The van der Waals surface area contributed by atoms with Gasteiger partial charge in [0.15, 0.2) is 0 Å². The molecule has 1 amide bonds. The largest absolute Gasteiger partial charge is 0.307 e. The minimum absolute atomic E-state index is 0.198. The first kappa shape index (κ1) is 13.0. The number of amides is 1. The van der Waals surface area contributed by atoms with E-state index in [1.165, 1.54) is 12.1 Å². The van der Waals surface area contributed by atoms with Gasteiger partial charge in [-0.1, -0.05) is 33.6 Å². The van der Waals surface area contributed by atoms with E-state index in [0.717, 1.165) is 6.07 Å². The smallest absolute Gasteiger partial charge is 0.256 e. The molecule has 18 heavy (non-hydrogen) atoms. The molecule has 1 aromatic carbocycles. The van der Waals surface area contributed by atoms with Gasteiger partial charge in [0.2, 0.25) is 0 Å². The molecule has 92 valence electrons. The maximum atomic E-state index is 13.1. The van der Waals surface area contributed by atoms with Crippen LogP contribution in [0.5, 0.6) is 0 Å². The summed E-state index contributed by atoms with van der Waals surface area (Å²) in [6.45, 7) is 0. The molecule has 0 fully saturated rings. The molecule has 1 heterocycles. The van der Waals surface area contributed by atoms with E-state index in [0.29, 0.717) is 10.3 Å². The fourth-order valence-corrected chi connectivity index (χ4v) is 1.98. The standard InChI is InChI=1S/C12H7BrClFN2O/c13-8-4-7(5-9(15)6-8)12(18)17-11-3-1-2-10(14)16-11/h1-6H,(H,16,17,18). The number of hydrogen-bond acceptors (Lipinski definition) is 2. The summed E-state index contributed by atoms with van der Waals surface area (Å²) in [4.78, 5) is 15.8. The summed E-state index contributed by atoms with van der Waals surface area (Å²) in [5.74, 6) is -0.633. The van der Waals surface area contributed by atoms with Gasteiger partial charge >= 0.3 is 0 Å². The van der Waals surface area contributed by atoms with Gasteiger partial charge in [-0.05, 0) is 30.3 Å². The molecule has 0 radical (unpaired) electrons. The predicted octanol–water partition coefficient (Wildman–Crippen LogP) is 3.89. The van der Waals surface area contributed by atoms with Crippen LogP contribution < -0.4 is 5.32 Å². The Morgan fingerprint density at radius 3 is 2.78 bits per heavy atom. The van der Waals surface area contributed by atoms with Crippen LogP contribution in [0.4, 0.5) is 10.2 Å². The van der Waals surface area contributed by atoms with Crippen LogP contribution in [0.25, 0.3) is 0 Å². The van der Waals surface area contributed by atoms with E-state index >= 15 is 0 Å². The van der Waals surface area contributed by atoms with Crippen molar-refractivity contribution in [2.24, 2.45) is 0 Å². The Bertz CT molecular complexity index is 586. The highest BCUT2D eigenvalue weighted by Gasteiger charge is 2.09. The third kappa shape index (κ3) is 3.27. The fraction of sp³-hybridized carbons (Fsp3) is 0. The maximum Gasteiger partial charge on any atom is 0.256 e. The van der Waals surface area contributed by atoms with Crippen molar-refractivity contribution in [1.82, 2.24) is 4.98 Å². The van der Waals surface area contributed by atoms with Crippen LogP contribution >= 0.6 is 27.5 Å². The summed E-state index contributed by atoms with van der Waals surface area (Å²) in [5, 5.41) is 2.80. The molecule has 0 aliphatic heterocycles. The molecular weight excluding hydrogens is 322 g/mol. The molecule has 0 saturated carbocycles. The lowest BCUT2D eigenvalue weighted by Crippen LogP contribution is -2.13. The number of nitrogens with one attached hydrogen (secondary N) is 1. The van der Waals surface area contributed by atoms with Crippen LogP contribution in [0.1, 0.15) is 10.4 Å². The Kier molecular flexibility index (Phi) is 3.93. The molecule has 1 N–H and O–H groups in total. The molecule has 2 aromatic rings. The second-order valence-corrected chi connectivity index (χ2v) is 4.76. The second-order valence-electron chi connectivity index (χ2n) is 3.46. The summed E-state index contributed by atoms with van der Waals surface area (Å²) in [7, 11) is 0. The van der Waals surface area contributed by atoms with Crippen LogP contribution in [0.3, 0.4) is 0 Å². The Morgan fingerprint density at radius 1 is 1.33 bits per heavy atom. The third-order valence-electron chi connectivity index (χ3n) is 2.08. The van der Waals surface area contributed by atoms with Gasteiger partial charge in [0.25, 0.3) is 5.91 Å². The highest BCUT2D eigenvalue weighted by molar-refractivity contribution is 9.10. The highest BCUT2D eigenvalue weighted by atomic mass is 79.9. The van der Waals surface area contributed by atoms with Crippen molar-refractivity contribution in [1.29, 1.82) is 0 Å². The molecule has 0 aliphatic carbocycles. The topological polar surface area (TPSA) is 42.0 Å². The van der Waals surface area contributed by atoms with Crippen molar-refractivity contribution in [3.8, 4) is 0 Å². The van der Waals surface area contributed by atoms with Crippen LogP contribution in [0.15, 0.2) is 40.9 Å². The van der Waals surface area contributed by atoms with Crippen molar-refractivity contribution >= 4 is 39.3 Å². The van der Waals surface area contributed by atoms with Crippen molar-refractivity contribution in [2.45, 2.75) is 0 Å². The van der Waals surface area contributed by atoms with Crippen molar-refractivity contribution in [3.05, 3.63) is 57.4 Å². The van der Waals surface area contributed by atoms with Crippen molar-refractivity contribution in [3.63, 3.8) is 0 Å². The summed E-state index contributed by atoms with van der Waals surface area (Å²) >= 11 is 8.82. The SMILES string of the molecule is O=C(Nc1cccc(Cl)n1)c1cc(F)cc(Br)c1. The van der Waals surface area contributed by atoms with E-state index in [9.17, 15) is 9.18 Å². The lowest BCUT2D eigenvalue weighted by Gasteiger charge is -2.05. The molecule has 2 rings (SSSR count). The molecule has 0 unspecified atom stereocenters. The summed E-state index contributed by atoms with van der Waals surface area (Å²) in [5.41, 5.74) is 0.198. The zero-order valence-electron chi connectivity index (χ0n) is 8.95. The van der Waals surface area contributed by atoms with E-state index in [1.807, 2.05) is 0 Å². The number of anilines is 1. The number of rotatable bonds is 2. The number of benzene rings is 1. The molecule has 6 heteroatoms. The molecular formula is C12H7BrClFN2O. The average Bonchev–Trinajstić information content (AvgIpc) is 2.27. The number of carbonyl (C=O) groups is 1. The van der Waals surface area contributed by atoms with Gasteiger partial charge in [0.05, 0.1) is 0 Å². The molecule has 0 atom stereocenters. The minimum Gasteiger partial charge on any atom is -0.307 e. The number of carbonyl (C=O) groups excluding carboxylic acids is 1. The molecule has 1 aromatic heterocycles. The number of aromatic nitrogens is 1. The van der Waals surface area contributed by atoms with Crippen LogP contribution in [0.2, 0.25) is 5.15 Å². The van der Waals surface area contributed by atoms with Gasteiger partial charge in [0, 0.05) is 10.0 Å². The van der Waals surface area contributed by atoms with Gasteiger partial charge in [0.1, 0.15) is 16.8 Å². The number of nitrogens with zero attached hydrogens (tertiary/aromatic N) is 1. The van der Waals surface area contributed by atoms with Crippen molar-refractivity contribution in [2.75, 3.05) is 5.32 Å². The molecule has 0 saturated heterocycles. The minimum atomic E-state index is -0.492. The Balaban J connectivity index is 2.22. The van der Waals surface area contributed by atoms with E-state index in [1.54, 1.807) is 18.2 Å². The molecule has 3 nitrogen and oxygen atoms in total. The Morgan fingerprint density at radius 2 is 2.11 bits per heavy atom. The average molecular weight is 330 g/mol. The zero-order chi connectivity index (χ0) is 13.1. The van der Waals surface area contributed by atoms with Gasteiger partial charge in [-0.25, -0.2) is 9.37 Å². The maximum absolute atomic E-state index is 13.1. The van der Waals surface area contributed by atoms with Gasteiger partial charge < -0.3 is 5.32 Å². The monoisotopic (exact) mass is 328 g/mol.